The van der Waals surface area contributed by atoms with Crippen LogP contribution in [0.5, 0.6) is 23.0 Å². The molecule has 4 heteroatoms. The van der Waals surface area contributed by atoms with Crippen LogP contribution >= 0.6 is 0 Å². The summed E-state index contributed by atoms with van der Waals surface area (Å²) in [5.74, 6) is -2.13. The maximum Gasteiger partial charge on any atom is 0.204 e. The van der Waals surface area contributed by atoms with Gasteiger partial charge >= 0.3 is 0 Å². The minimum atomic E-state index is -0.683. The van der Waals surface area contributed by atoms with E-state index < -0.39 is 17.2 Å². The maximum atomic E-state index is 9.31. The Morgan fingerprint density at radius 2 is 1.62 bits per heavy atom. The predicted molar refractivity (Wildman–Crippen MR) is 47.1 cm³/mol. The SMILES string of the molecule is CCCc1cc(O)c(O)c(O)c1O. The van der Waals surface area contributed by atoms with Crippen LogP contribution in [0, 0.1) is 0 Å². The zero-order valence-corrected chi connectivity index (χ0v) is 7.28. The van der Waals surface area contributed by atoms with Crippen molar-refractivity contribution in [3.8, 4) is 23.0 Å². The van der Waals surface area contributed by atoms with Crippen LogP contribution in [0.2, 0.25) is 0 Å². The lowest BCUT2D eigenvalue weighted by molar-refractivity contribution is 0.343. The molecule has 0 bridgehead atoms. The molecule has 4 nitrogen and oxygen atoms in total. The van der Waals surface area contributed by atoms with Crippen LogP contribution in [0.15, 0.2) is 6.07 Å². The van der Waals surface area contributed by atoms with E-state index in [1.165, 1.54) is 6.07 Å². The van der Waals surface area contributed by atoms with Crippen molar-refractivity contribution in [3.05, 3.63) is 11.6 Å². The zero-order chi connectivity index (χ0) is 10.0. The quantitative estimate of drug-likeness (QED) is 0.414. The van der Waals surface area contributed by atoms with Gasteiger partial charge in [0.25, 0.3) is 0 Å². The van der Waals surface area contributed by atoms with Gasteiger partial charge in [-0.25, -0.2) is 0 Å². The molecule has 0 heterocycles. The molecule has 1 aromatic carbocycles. The Morgan fingerprint density at radius 3 is 2.15 bits per heavy atom. The first kappa shape index (κ1) is 9.51. The van der Waals surface area contributed by atoms with E-state index in [1.54, 1.807) is 0 Å². The van der Waals surface area contributed by atoms with Crippen molar-refractivity contribution in [1.29, 1.82) is 0 Å². The van der Waals surface area contributed by atoms with Crippen LogP contribution in [0.4, 0.5) is 0 Å². The number of hydrogen-bond donors (Lipinski definition) is 4. The lowest BCUT2D eigenvalue weighted by Gasteiger charge is -2.07. The molecular weight excluding hydrogens is 172 g/mol. The number of phenols is 4. The number of phenolic OH excluding ortho intramolecular Hbond substituents is 4. The van der Waals surface area contributed by atoms with Gasteiger partial charge in [-0.2, -0.15) is 0 Å². The molecule has 72 valence electrons. The molecule has 1 aromatic rings. The van der Waals surface area contributed by atoms with E-state index in [1.807, 2.05) is 6.92 Å². The molecule has 0 radical (unpaired) electrons. The van der Waals surface area contributed by atoms with Gasteiger partial charge in [-0.05, 0) is 12.5 Å². The number of aryl methyl sites for hydroxylation is 1. The first-order valence-corrected chi connectivity index (χ1v) is 4.03. The lowest BCUT2D eigenvalue weighted by Crippen LogP contribution is -1.85. The van der Waals surface area contributed by atoms with Crippen molar-refractivity contribution in [2.24, 2.45) is 0 Å². The highest BCUT2D eigenvalue weighted by molar-refractivity contribution is 5.60. The molecule has 0 aliphatic rings. The maximum absolute atomic E-state index is 9.31. The molecule has 0 aromatic heterocycles. The van der Waals surface area contributed by atoms with Crippen molar-refractivity contribution >= 4 is 0 Å². The van der Waals surface area contributed by atoms with E-state index >= 15 is 0 Å². The first-order chi connectivity index (χ1) is 6.07. The van der Waals surface area contributed by atoms with Gasteiger partial charge in [0.2, 0.25) is 11.5 Å². The Bertz CT molecular complexity index is 320. The molecule has 0 aliphatic carbocycles. The van der Waals surface area contributed by atoms with E-state index in [9.17, 15) is 5.11 Å². The third-order valence-corrected chi connectivity index (χ3v) is 1.83. The molecule has 0 saturated heterocycles. The summed E-state index contributed by atoms with van der Waals surface area (Å²) in [6.07, 6.45) is 1.31. The molecule has 0 fully saturated rings. The lowest BCUT2D eigenvalue weighted by atomic mass is 10.1. The second-order valence-electron chi connectivity index (χ2n) is 2.85. The van der Waals surface area contributed by atoms with Crippen LogP contribution < -0.4 is 0 Å². The molecule has 4 N–H and O–H groups in total. The van der Waals surface area contributed by atoms with E-state index in [4.69, 9.17) is 15.3 Å². The smallest absolute Gasteiger partial charge is 0.204 e. The third-order valence-electron chi connectivity index (χ3n) is 1.83. The van der Waals surface area contributed by atoms with Crippen LogP contribution in [0.3, 0.4) is 0 Å². The van der Waals surface area contributed by atoms with E-state index in [-0.39, 0.29) is 5.75 Å². The van der Waals surface area contributed by atoms with Crippen molar-refractivity contribution in [2.45, 2.75) is 19.8 Å². The summed E-state index contributed by atoms with van der Waals surface area (Å²) in [5.41, 5.74) is 0.426. The van der Waals surface area contributed by atoms with Gasteiger partial charge in [-0.3, -0.25) is 0 Å². The molecule has 0 amide bonds. The molecule has 0 saturated carbocycles. The normalized spacial score (nSPS) is 10.2. The Balaban J connectivity index is 3.24. The monoisotopic (exact) mass is 184 g/mol. The largest absolute Gasteiger partial charge is 0.504 e. The molecular formula is C9H12O4. The molecule has 0 spiro atoms. The fourth-order valence-corrected chi connectivity index (χ4v) is 1.15. The number of rotatable bonds is 2. The van der Waals surface area contributed by atoms with E-state index in [2.05, 4.69) is 0 Å². The van der Waals surface area contributed by atoms with Gasteiger partial charge in [0.15, 0.2) is 11.5 Å². The highest BCUT2D eigenvalue weighted by Gasteiger charge is 2.14. The van der Waals surface area contributed by atoms with Gasteiger partial charge in [0.05, 0.1) is 0 Å². The Hall–Kier alpha value is -1.58. The molecule has 1 rings (SSSR count). The average Bonchev–Trinajstić information content (AvgIpc) is 2.11. The molecule has 0 aliphatic heterocycles. The number of benzene rings is 1. The zero-order valence-electron chi connectivity index (χ0n) is 7.28. The summed E-state index contributed by atoms with van der Waals surface area (Å²) in [6.45, 7) is 1.90. The van der Waals surface area contributed by atoms with Crippen molar-refractivity contribution in [1.82, 2.24) is 0 Å². The second kappa shape index (κ2) is 3.43. The Labute approximate surface area is 75.7 Å². The van der Waals surface area contributed by atoms with E-state index in [0.29, 0.717) is 12.0 Å². The highest BCUT2D eigenvalue weighted by atomic mass is 16.3. The minimum Gasteiger partial charge on any atom is -0.504 e. The second-order valence-corrected chi connectivity index (χ2v) is 2.85. The van der Waals surface area contributed by atoms with Crippen LogP contribution in [-0.4, -0.2) is 20.4 Å². The Kier molecular flexibility index (Phi) is 2.51. The fraction of sp³-hybridized carbons (Fsp3) is 0.333. The molecule has 0 unspecified atom stereocenters. The summed E-state index contributed by atoms with van der Waals surface area (Å²) in [5, 5.41) is 36.6. The Morgan fingerprint density at radius 1 is 1.00 bits per heavy atom. The van der Waals surface area contributed by atoms with Gasteiger partial charge in [0.1, 0.15) is 0 Å². The first-order valence-electron chi connectivity index (χ1n) is 4.03. The number of hydrogen-bond acceptors (Lipinski definition) is 4. The van der Waals surface area contributed by atoms with Crippen LogP contribution in [-0.2, 0) is 6.42 Å². The standard InChI is InChI=1S/C9H12O4/c1-2-3-5-4-6(10)8(12)9(13)7(5)11/h4,10-13H,2-3H2,1H3. The van der Waals surface area contributed by atoms with Crippen LogP contribution in [0.25, 0.3) is 0 Å². The molecule has 13 heavy (non-hydrogen) atoms. The number of aromatic hydroxyl groups is 4. The summed E-state index contributed by atoms with van der Waals surface area (Å²) in [4.78, 5) is 0. The topological polar surface area (TPSA) is 80.9 Å². The summed E-state index contributed by atoms with van der Waals surface area (Å²) >= 11 is 0. The van der Waals surface area contributed by atoms with Gasteiger partial charge in [-0.15, -0.1) is 0 Å². The summed E-state index contributed by atoms with van der Waals surface area (Å²) in [6, 6.07) is 1.24. The molecule has 0 atom stereocenters. The van der Waals surface area contributed by atoms with Gasteiger partial charge < -0.3 is 20.4 Å². The van der Waals surface area contributed by atoms with Crippen molar-refractivity contribution in [3.63, 3.8) is 0 Å². The minimum absolute atomic E-state index is 0.364. The fourth-order valence-electron chi connectivity index (χ4n) is 1.15. The van der Waals surface area contributed by atoms with Gasteiger partial charge in [0, 0.05) is 5.56 Å². The summed E-state index contributed by atoms with van der Waals surface area (Å²) < 4.78 is 0. The van der Waals surface area contributed by atoms with Crippen molar-refractivity contribution < 1.29 is 20.4 Å². The van der Waals surface area contributed by atoms with E-state index in [0.717, 1.165) is 6.42 Å². The van der Waals surface area contributed by atoms with Crippen molar-refractivity contribution in [2.75, 3.05) is 0 Å². The highest BCUT2D eigenvalue weighted by Crippen LogP contribution is 2.43. The predicted octanol–water partition coefficient (Wildman–Crippen LogP) is 1.46. The van der Waals surface area contributed by atoms with Crippen LogP contribution in [0.1, 0.15) is 18.9 Å². The van der Waals surface area contributed by atoms with Gasteiger partial charge in [-0.1, -0.05) is 13.3 Å². The summed E-state index contributed by atoms with van der Waals surface area (Å²) in [7, 11) is 0. The average molecular weight is 184 g/mol. The third kappa shape index (κ3) is 1.61.